The molecule has 2 nitrogen and oxygen atoms in total. The number of piperidine rings is 2. The van der Waals surface area contributed by atoms with Crippen LogP contribution < -0.4 is 0 Å². The van der Waals surface area contributed by atoms with Crippen LogP contribution in [0.2, 0.25) is 0 Å². The molecule has 0 amide bonds. The second-order valence-corrected chi connectivity index (χ2v) is 6.88. The Morgan fingerprint density at radius 1 is 1.11 bits per heavy atom. The summed E-state index contributed by atoms with van der Waals surface area (Å²) in [6.07, 6.45) is 3.41. The number of hydrogen-bond acceptors (Lipinski definition) is 2. The zero-order chi connectivity index (χ0) is 14.0. The quantitative estimate of drug-likeness (QED) is 0.780. The Balaban J connectivity index is 1.90. The molecule has 112 valence electrons. The van der Waals surface area contributed by atoms with Crippen LogP contribution in [0.3, 0.4) is 0 Å². The molecule has 1 atom stereocenters. The van der Waals surface area contributed by atoms with Gasteiger partial charge in [-0.05, 0) is 58.3 Å². The number of alkyl halides is 2. The summed E-state index contributed by atoms with van der Waals surface area (Å²) in [7, 11) is 2.11. The third-order valence-electron chi connectivity index (χ3n) is 4.74. The van der Waals surface area contributed by atoms with Crippen LogP contribution in [0.25, 0.3) is 0 Å². The molecule has 2 aliphatic heterocycles. The van der Waals surface area contributed by atoms with Crippen molar-refractivity contribution in [1.29, 1.82) is 0 Å². The van der Waals surface area contributed by atoms with E-state index in [2.05, 4.69) is 16.8 Å². The molecule has 2 heterocycles. The van der Waals surface area contributed by atoms with E-state index in [1.54, 1.807) is 0 Å². The summed E-state index contributed by atoms with van der Waals surface area (Å²) in [6.45, 7) is 7.02. The molecule has 19 heavy (non-hydrogen) atoms. The van der Waals surface area contributed by atoms with Gasteiger partial charge in [0.05, 0.1) is 6.54 Å². The molecule has 0 aromatic carbocycles. The van der Waals surface area contributed by atoms with Gasteiger partial charge in [0.2, 0.25) is 0 Å². The van der Waals surface area contributed by atoms with E-state index in [1.165, 1.54) is 0 Å². The third-order valence-corrected chi connectivity index (χ3v) is 4.74. The van der Waals surface area contributed by atoms with Gasteiger partial charge >= 0.3 is 0 Å². The lowest BCUT2D eigenvalue weighted by molar-refractivity contribution is -0.127. The molecule has 0 saturated carbocycles. The Labute approximate surface area is 116 Å². The molecule has 0 spiro atoms. The zero-order valence-corrected chi connectivity index (χ0v) is 12.5. The fourth-order valence-electron chi connectivity index (χ4n) is 3.54. The second-order valence-electron chi connectivity index (χ2n) is 6.88. The van der Waals surface area contributed by atoms with Crippen LogP contribution in [-0.4, -0.2) is 55.0 Å². The SMILES string of the molecule is CC(C)CC1CCN(C2CCN(C)CC2)CC1(F)F. The van der Waals surface area contributed by atoms with Crippen molar-refractivity contribution in [3.05, 3.63) is 0 Å². The van der Waals surface area contributed by atoms with Crippen LogP contribution in [0.4, 0.5) is 8.78 Å². The van der Waals surface area contributed by atoms with Crippen LogP contribution >= 0.6 is 0 Å². The smallest absolute Gasteiger partial charge is 0.263 e. The van der Waals surface area contributed by atoms with Gasteiger partial charge in [-0.3, -0.25) is 4.90 Å². The van der Waals surface area contributed by atoms with Crippen molar-refractivity contribution in [2.45, 2.75) is 51.5 Å². The number of rotatable bonds is 3. The minimum Gasteiger partial charge on any atom is -0.306 e. The highest BCUT2D eigenvalue weighted by Crippen LogP contribution is 2.38. The maximum atomic E-state index is 14.3. The summed E-state index contributed by atoms with van der Waals surface area (Å²) in [5.74, 6) is -2.54. The fourth-order valence-corrected chi connectivity index (χ4v) is 3.54. The van der Waals surface area contributed by atoms with E-state index in [4.69, 9.17) is 0 Å². The molecule has 2 fully saturated rings. The zero-order valence-electron chi connectivity index (χ0n) is 12.5. The second kappa shape index (κ2) is 6.04. The molecule has 0 aromatic heterocycles. The first-order valence-electron chi connectivity index (χ1n) is 7.69. The first kappa shape index (κ1) is 15.2. The highest BCUT2D eigenvalue weighted by atomic mass is 19.3. The first-order chi connectivity index (χ1) is 8.88. The third kappa shape index (κ3) is 3.88. The van der Waals surface area contributed by atoms with Gasteiger partial charge in [0.15, 0.2) is 0 Å². The van der Waals surface area contributed by atoms with Gasteiger partial charge in [0.1, 0.15) is 0 Å². The number of hydrogen-bond donors (Lipinski definition) is 0. The average molecular weight is 274 g/mol. The lowest BCUT2D eigenvalue weighted by Gasteiger charge is -2.44. The topological polar surface area (TPSA) is 6.48 Å². The van der Waals surface area contributed by atoms with Gasteiger partial charge in [-0.2, -0.15) is 0 Å². The maximum Gasteiger partial charge on any atom is 0.263 e. The molecule has 0 aliphatic carbocycles. The van der Waals surface area contributed by atoms with Crippen LogP contribution in [0, 0.1) is 11.8 Å². The molecular formula is C15H28F2N2. The van der Waals surface area contributed by atoms with Gasteiger partial charge in [-0.25, -0.2) is 8.78 Å². The largest absolute Gasteiger partial charge is 0.306 e. The number of likely N-dealkylation sites (tertiary alicyclic amines) is 2. The predicted octanol–water partition coefficient (Wildman–Crippen LogP) is 3.08. The molecule has 0 N–H and O–H groups in total. The number of halogens is 2. The van der Waals surface area contributed by atoms with E-state index in [0.29, 0.717) is 24.8 Å². The van der Waals surface area contributed by atoms with Crippen molar-refractivity contribution < 1.29 is 8.78 Å². The molecule has 4 heteroatoms. The van der Waals surface area contributed by atoms with Crippen molar-refractivity contribution >= 4 is 0 Å². The first-order valence-corrected chi connectivity index (χ1v) is 7.69. The van der Waals surface area contributed by atoms with Crippen molar-refractivity contribution in [1.82, 2.24) is 9.80 Å². The van der Waals surface area contributed by atoms with E-state index >= 15 is 0 Å². The van der Waals surface area contributed by atoms with Crippen LogP contribution in [0.15, 0.2) is 0 Å². The fraction of sp³-hybridized carbons (Fsp3) is 1.00. The standard InChI is InChI=1S/C15H28F2N2/c1-12(2)10-13-4-9-19(11-15(13,16)17)14-5-7-18(3)8-6-14/h12-14H,4-11H2,1-3H3. The molecular weight excluding hydrogens is 246 g/mol. The average Bonchev–Trinajstić information content (AvgIpc) is 2.32. The molecule has 1 unspecified atom stereocenters. The Morgan fingerprint density at radius 2 is 1.74 bits per heavy atom. The van der Waals surface area contributed by atoms with Gasteiger partial charge in [0, 0.05) is 12.0 Å². The van der Waals surface area contributed by atoms with Crippen molar-refractivity contribution in [2.75, 3.05) is 33.2 Å². The number of nitrogens with zero attached hydrogens (tertiary/aromatic N) is 2. The van der Waals surface area contributed by atoms with E-state index in [0.717, 1.165) is 32.5 Å². The molecule has 0 radical (unpaired) electrons. The summed E-state index contributed by atoms with van der Waals surface area (Å²) in [5, 5.41) is 0. The summed E-state index contributed by atoms with van der Waals surface area (Å²) < 4.78 is 28.5. The van der Waals surface area contributed by atoms with E-state index in [1.807, 2.05) is 13.8 Å². The molecule has 0 bridgehead atoms. The summed E-state index contributed by atoms with van der Waals surface area (Å²) in [5.41, 5.74) is 0. The van der Waals surface area contributed by atoms with Gasteiger partial charge in [0.25, 0.3) is 5.92 Å². The van der Waals surface area contributed by atoms with E-state index in [9.17, 15) is 8.78 Å². The maximum absolute atomic E-state index is 14.3. The lowest BCUT2D eigenvalue weighted by Crippen LogP contribution is -2.54. The Kier molecular flexibility index (Phi) is 4.83. The molecule has 2 aliphatic rings. The molecule has 2 saturated heterocycles. The van der Waals surface area contributed by atoms with Crippen molar-refractivity contribution in [3.8, 4) is 0 Å². The van der Waals surface area contributed by atoms with Crippen molar-refractivity contribution in [3.63, 3.8) is 0 Å². The van der Waals surface area contributed by atoms with Gasteiger partial charge in [-0.15, -0.1) is 0 Å². The normalized spacial score (nSPS) is 30.9. The monoisotopic (exact) mass is 274 g/mol. The Bertz CT molecular complexity index is 286. The Morgan fingerprint density at radius 3 is 2.26 bits per heavy atom. The molecule has 2 rings (SSSR count). The summed E-state index contributed by atoms with van der Waals surface area (Å²) in [4.78, 5) is 4.35. The summed E-state index contributed by atoms with van der Waals surface area (Å²) in [6, 6.07) is 0.377. The summed E-state index contributed by atoms with van der Waals surface area (Å²) >= 11 is 0. The van der Waals surface area contributed by atoms with Crippen molar-refractivity contribution in [2.24, 2.45) is 11.8 Å². The van der Waals surface area contributed by atoms with Gasteiger partial charge in [-0.1, -0.05) is 13.8 Å². The lowest BCUT2D eigenvalue weighted by atomic mass is 9.84. The van der Waals surface area contributed by atoms with Crippen LogP contribution in [0.5, 0.6) is 0 Å². The van der Waals surface area contributed by atoms with E-state index < -0.39 is 11.8 Å². The van der Waals surface area contributed by atoms with E-state index in [-0.39, 0.29) is 6.54 Å². The highest BCUT2D eigenvalue weighted by molar-refractivity contribution is 4.91. The minimum atomic E-state index is -2.49. The van der Waals surface area contributed by atoms with Crippen LogP contribution in [0.1, 0.15) is 39.5 Å². The van der Waals surface area contributed by atoms with Gasteiger partial charge < -0.3 is 4.90 Å². The predicted molar refractivity (Wildman–Crippen MR) is 74.6 cm³/mol. The molecule has 0 aromatic rings. The van der Waals surface area contributed by atoms with Crippen LogP contribution in [-0.2, 0) is 0 Å². The minimum absolute atomic E-state index is 0.0151. The highest BCUT2D eigenvalue weighted by Gasteiger charge is 2.45. The Hall–Kier alpha value is -0.220.